The molecule has 0 aliphatic carbocycles. The minimum absolute atomic E-state index is 0.376. The van der Waals surface area contributed by atoms with Gasteiger partial charge in [0.25, 0.3) is 0 Å². The zero-order chi connectivity index (χ0) is 11.5. The van der Waals surface area contributed by atoms with Crippen LogP contribution in [0.5, 0.6) is 5.75 Å². The molecular formula is C11H11BrN2O2. The van der Waals surface area contributed by atoms with Gasteiger partial charge in [0.05, 0.1) is 17.3 Å². The second-order valence-corrected chi connectivity index (χ2v) is 4.05. The van der Waals surface area contributed by atoms with Crippen molar-refractivity contribution in [2.45, 2.75) is 6.54 Å². The molecule has 0 radical (unpaired) electrons. The van der Waals surface area contributed by atoms with Crippen LogP contribution >= 0.6 is 15.9 Å². The van der Waals surface area contributed by atoms with Crippen LogP contribution < -0.4 is 10.5 Å². The lowest BCUT2D eigenvalue weighted by Crippen LogP contribution is -1.95. The van der Waals surface area contributed by atoms with E-state index in [-0.39, 0.29) is 0 Å². The molecule has 1 aromatic carbocycles. The van der Waals surface area contributed by atoms with E-state index in [0.717, 1.165) is 21.5 Å². The van der Waals surface area contributed by atoms with E-state index >= 15 is 0 Å². The number of halogens is 1. The second-order valence-electron chi connectivity index (χ2n) is 3.20. The van der Waals surface area contributed by atoms with Crippen molar-refractivity contribution in [3.63, 3.8) is 0 Å². The minimum atomic E-state index is 0.376. The number of methoxy groups -OCH3 is 1. The Morgan fingerprint density at radius 3 is 2.88 bits per heavy atom. The van der Waals surface area contributed by atoms with Crippen molar-refractivity contribution in [2.75, 3.05) is 7.11 Å². The molecular weight excluding hydrogens is 272 g/mol. The van der Waals surface area contributed by atoms with Crippen LogP contribution in [0, 0.1) is 0 Å². The van der Waals surface area contributed by atoms with Gasteiger partial charge >= 0.3 is 0 Å². The van der Waals surface area contributed by atoms with E-state index in [2.05, 4.69) is 20.9 Å². The highest BCUT2D eigenvalue weighted by Crippen LogP contribution is 2.30. The van der Waals surface area contributed by atoms with Crippen molar-refractivity contribution >= 4 is 15.9 Å². The summed E-state index contributed by atoms with van der Waals surface area (Å²) in [5.74, 6) is 1.33. The van der Waals surface area contributed by atoms with E-state index in [1.807, 2.05) is 18.2 Å². The summed E-state index contributed by atoms with van der Waals surface area (Å²) in [7, 11) is 1.62. The minimum Gasteiger partial charge on any atom is -0.496 e. The lowest BCUT2D eigenvalue weighted by Gasteiger charge is -2.03. The zero-order valence-corrected chi connectivity index (χ0v) is 10.3. The average Bonchev–Trinajstić information content (AvgIpc) is 2.77. The van der Waals surface area contributed by atoms with E-state index in [0.29, 0.717) is 12.4 Å². The van der Waals surface area contributed by atoms with Gasteiger partial charge < -0.3 is 14.9 Å². The average molecular weight is 283 g/mol. The predicted molar refractivity (Wildman–Crippen MR) is 64.1 cm³/mol. The van der Waals surface area contributed by atoms with Gasteiger partial charge in [0, 0.05) is 12.1 Å². The first-order valence-corrected chi connectivity index (χ1v) is 5.52. The summed E-state index contributed by atoms with van der Waals surface area (Å²) in [5, 5.41) is 0. The highest BCUT2D eigenvalue weighted by Gasteiger charge is 2.08. The summed E-state index contributed by atoms with van der Waals surface area (Å²) in [4.78, 5) is 4.24. The van der Waals surface area contributed by atoms with E-state index in [1.54, 1.807) is 13.4 Å². The fourth-order valence-electron chi connectivity index (χ4n) is 1.33. The number of hydrogen-bond donors (Lipinski definition) is 1. The van der Waals surface area contributed by atoms with Gasteiger partial charge in [0.2, 0.25) is 5.89 Å². The summed E-state index contributed by atoms with van der Waals surface area (Å²) in [6.07, 6.45) is 1.56. The van der Waals surface area contributed by atoms with Gasteiger partial charge in [-0.2, -0.15) is 0 Å². The van der Waals surface area contributed by atoms with Crippen LogP contribution in [-0.4, -0.2) is 12.1 Å². The van der Waals surface area contributed by atoms with Crippen molar-refractivity contribution in [3.8, 4) is 17.2 Å². The van der Waals surface area contributed by atoms with Gasteiger partial charge in [-0.05, 0) is 34.1 Å². The number of nitrogens with two attached hydrogens (primary N) is 1. The van der Waals surface area contributed by atoms with E-state index in [4.69, 9.17) is 14.9 Å². The smallest absolute Gasteiger partial charge is 0.226 e. The molecule has 5 heteroatoms. The van der Waals surface area contributed by atoms with Crippen molar-refractivity contribution < 1.29 is 9.15 Å². The summed E-state index contributed by atoms with van der Waals surface area (Å²) >= 11 is 3.41. The third kappa shape index (κ3) is 2.10. The molecule has 1 heterocycles. The predicted octanol–water partition coefficient (Wildman–Crippen LogP) is 2.57. The molecule has 1 aromatic heterocycles. The fourth-order valence-corrected chi connectivity index (χ4v) is 1.87. The topological polar surface area (TPSA) is 61.3 Å². The molecule has 0 aliphatic heterocycles. The van der Waals surface area contributed by atoms with E-state index < -0.39 is 0 Å². The first-order chi connectivity index (χ1) is 7.74. The maximum Gasteiger partial charge on any atom is 0.226 e. The molecule has 84 valence electrons. The summed E-state index contributed by atoms with van der Waals surface area (Å²) in [6, 6.07) is 5.63. The molecule has 0 saturated carbocycles. The monoisotopic (exact) mass is 282 g/mol. The highest BCUT2D eigenvalue weighted by atomic mass is 79.9. The normalized spacial score (nSPS) is 10.4. The van der Waals surface area contributed by atoms with Crippen LogP contribution in [0.15, 0.2) is 33.4 Å². The third-order valence-electron chi connectivity index (χ3n) is 2.16. The van der Waals surface area contributed by atoms with Gasteiger partial charge in [0.1, 0.15) is 12.0 Å². The van der Waals surface area contributed by atoms with Crippen LogP contribution in [0.25, 0.3) is 11.5 Å². The molecule has 0 bridgehead atoms. The number of hydrogen-bond acceptors (Lipinski definition) is 4. The Kier molecular flexibility index (Phi) is 3.26. The molecule has 0 unspecified atom stereocenters. The molecule has 4 nitrogen and oxygen atoms in total. The maximum atomic E-state index is 5.47. The fraction of sp³-hybridized carbons (Fsp3) is 0.182. The van der Waals surface area contributed by atoms with Crippen LogP contribution in [0.3, 0.4) is 0 Å². The molecule has 2 N–H and O–H groups in total. The van der Waals surface area contributed by atoms with E-state index in [1.165, 1.54) is 0 Å². The molecule has 0 spiro atoms. The number of benzene rings is 1. The number of nitrogens with zero attached hydrogens (tertiary/aromatic N) is 1. The van der Waals surface area contributed by atoms with Crippen LogP contribution in [0.1, 0.15) is 5.69 Å². The zero-order valence-electron chi connectivity index (χ0n) is 8.74. The molecule has 2 rings (SSSR count). The largest absolute Gasteiger partial charge is 0.496 e. The van der Waals surface area contributed by atoms with Crippen molar-refractivity contribution in [1.29, 1.82) is 0 Å². The number of rotatable bonds is 3. The van der Waals surface area contributed by atoms with Gasteiger partial charge in [-0.25, -0.2) is 4.98 Å². The Morgan fingerprint density at radius 1 is 1.50 bits per heavy atom. The molecule has 0 aliphatic rings. The number of aromatic nitrogens is 1. The Balaban J connectivity index is 2.37. The lowest BCUT2D eigenvalue weighted by atomic mass is 10.2. The summed E-state index contributed by atoms with van der Waals surface area (Å²) < 4.78 is 11.3. The van der Waals surface area contributed by atoms with Crippen molar-refractivity contribution in [2.24, 2.45) is 5.73 Å². The molecule has 2 aromatic rings. The van der Waals surface area contributed by atoms with Gasteiger partial charge in [0.15, 0.2) is 0 Å². The van der Waals surface area contributed by atoms with Gasteiger partial charge in [-0.15, -0.1) is 0 Å². The van der Waals surface area contributed by atoms with Crippen molar-refractivity contribution in [3.05, 3.63) is 34.6 Å². The highest BCUT2D eigenvalue weighted by molar-refractivity contribution is 9.10. The maximum absolute atomic E-state index is 5.47. The Bertz CT molecular complexity index is 496. The third-order valence-corrected chi connectivity index (χ3v) is 2.78. The quantitative estimate of drug-likeness (QED) is 0.940. The van der Waals surface area contributed by atoms with Gasteiger partial charge in [-0.3, -0.25) is 0 Å². The first-order valence-electron chi connectivity index (χ1n) is 4.73. The first kappa shape index (κ1) is 11.2. The molecule has 0 atom stereocenters. The van der Waals surface area contributed by atoms with E-state index in [9.17, 15) is 0 Å². The molecule has 0 amide bonds. The Labute approximate surface area is 102 Å². The van der Waals surface area contributed by atoms with Crippen LogP contribution in [-0.2, 0) is 6.54 Å². The Hall–Kier alpha value is -1.33. The van der Waals surface area contributed by atoms with Crippen molar-refractivity contribution in [1.82, 2.24) is 4.98 Å². The molecule has 0 fully saturated rings. The van der Waals surface area contributed by atoms with Gasteiger partial charge in [-0.1, -0.05) is 0 Å². The van der Waals surface area contributed by atoms with Crippen LogP contribution in [0.4, 0.5) is 0 Å². The summed E-state index contributed by atoms with van der Waals surface area (Å²) in [5.41, 5.74) is 7.08. The summed E-state index contributed by atoms with van der Waals surface area (Å²) in [6.45, 7) is 0.376. The number of ether oxygens (including phenoxy) is 1. The Morgan fingerprint density at radius 2 is 2.31 bits per heavy atom. The SMILES string of the molecule is COc1ccc(-c2nc(CN)co2)cc1Br. The van der Waals surface area contributed by atoms with Crippen LogP contribution in [0.2, 0.25) is 0 Å². The molecule has 16 heavy (non-hydrogen) atoms. The standard InChI is InChI=1S/C11H11BrN2O2/c1-15-10-3-2-7(4-9(10)12)11-14-8(5-13)6-16-11/h2-4,6H,5,13H2,1H3. The molecule has 0 saturated heterocycles. The number of oxazole rings is 1. The lowest BCUT2D eigenvalue weighted by molar-refractivity contribution is 0.412. The second kappa shape index (κ2) is 4.67.